The molecule has 1 aliphatic heterocycles. The third kappa shape index (κ3) is 3.85. The van der Waals surface area contributed by atoms with Gasteiger partial charge in [-0.3, -0.25) is 14.5 Å². The lowest BCUT2D eigenvalue weighted by molar-refractivity contribution is -0.135. The second-order valence-corrected chi connectivity index (χ2v) is 9.22. The van der Waals surface area contributed by atoms with Crippen LogP contribution in [0.25, 0.3) is 0 Å². The van der Waals surface area contributed by atoms with Gasteiger partial charge in [0.05, 0.1) is 5.69 Å². The van der Waals surface area contributed by atoms with Gasteiger partial charge >= 0.3 is 6.03 Å². The average Bonchev–Trinajstić information content (AvgIpc) is 3.12. The first-order valence-electron chi connectivity index (χ1n) is 9.53. The molecule has 2 fully saturated rings. The molecule has 1 aromatic rings. The van der Waals surface area contributed by atoms with Crippen LogP contribution in [-0.2, 0) is 9.59 Å². The van der Waals surface area contributed by atoms with Crippen molar-refractivity contribution in [1.29, 1.82) is 0 Å². The van der Waals surface area contributed by atoms with Crippen molar-refractivity contribution in [3.8, 4) is 0 Å². The van der Waals surface area contributed by atoms with E-state index in [-0.39, 0.29) is 17.9 Å². The minimum absolute atomic E-state index is 0.235. The number of aromatic nitrogens is 1. The number of nitrogens with one attached hydrogen (secondary N) is 2. The first kappa shape index (κ1) is 19.8. The molecule has 7 nitrogen and oxygen atoms in total. The minimum atomic E-state index is -0.838. The van der Waals surface area contributed by atoms with Crippen LogP contribution in [0.2, 0.25) is 0 Å². The second kappa shape index (κ2) is 7.22. The summed E-state index contributed by atoms with van der Waals surface area (Å²) < 4.78 is 0. The van der Waals surface area contributed by atoms with E-state index in [2.05, 4.69) is 36.4 Å². The van der Waals surface area contributed by atoms with Crippen LogP contribution in [0.4, 0.5) is 9.93 Å². The Morgan fingerprint density at radius 3 is 2.63 bits per heavy atom. The molecule has 1 saturated carbocycles. The van der Waals surface area contributed by atoms with Crippen molar-refractivity contribution in [3.05, 3.63) is 11.1 Å². The highest BCUT2D eigenvalue weighted by molar-refractivity contribution is 7.13. The van der Waals surface area contributed by atoms with Gasteiger partial charge in [-0.15, -0.1) is 11.3 Å². The van der Waals surface area contributed by atoms with Gasteiger partial charge in [0.15, 0.2) is 5.13 Å². The van der Waals surface area contributed by atoms with Crippen LogP contribution >= 0.6 is 11.3 Å². The fraction of sp³-hybridized carbons (Fsp3) is 0.684. The Hall–Kier alpha value is -1.96. The quantitative estimate of drug-likeness (QED) is 0.752. The zero-order valence-electron chi connectivity index (χ0n) is 16.4. The number of urea groups is 1. The maximum absolute atomic E-state index is 13.0. The van der Waals surface area contributed by atoms with Crippen LogP contribution in [0.15, 0.2) is 5.38 Å². The molecular formula is C19H28N4O3S. The van der Waals surface area contributed by atoms with Crippen LogP contribution in [-0.4, -0.2) is 39.8 Å². The Morgan fingerprint density at radius 1 is 1.41 bits per heavy atom. The summed E-state index contributed by atoms with van der Waals surface area (Å²) in [6.45, 7) is 8.28. The Labute approximate surface area is 163 Å². The predicted molar refractivity (Wildman–Crippen MR) is 104 cm³/mol. The van der Waals surface area contributed by atoms with Crippen molar-refractivity contribution in [2.75, 3.05) is 11.9 Å². The molecule has 1 aliphatic carbocycles. The molecule has 2 aliphatic rings. The number of nitrogens with zero attached hydrogens (tertiary/aromatic N) is 2. The molecular weight excluding hydrogens is 364 g/mol. The Bertz CT molecular complexity index is 750. The molecule has 27 heavy (non-hydrogen) atoms. The lowest BCUT2D eigenvalue weighted by Gasteiger charge is -2.42. The highest BCUT2D eigenvalue weighted by Gasteiger charge is 2.53. The number of amides is 4. The number of hydrogen-bond donors (Lipinski definition) is 2. The lowest BCUT2D eigenvalue weighted by Crippen LogP contribution is -2.51. The van der Waals surface area contributed by atoms with Crippen molar-refractivity contribution in [2.45, 2.75) is 65.3 Å². The summed E-state index contributed by atoms with van der Waals surface area (Å²) in [4.78, 5) is 42.8. The number of thiazole rings is 1. The molecule has 1 spiro atoms. The molecule has 3 rings (SSSR count). The fourth-order valence-electron chi connectivity index (χ4n) is 4.05. The molecule has 2 N–H and O–H groups in total. The number of hydrogen-bond acceptors (Lipinski definition) is 5. The largest absolute Gasteiger partial charge is 0.325 e. The van der Waals surface area contributed by atoms with E-state index in [1.807, 2.05) is 12.3 Å². The van der Waals surface area contributed by atoms with E-state index in [0.29, 0.717) is 23.9 Å². The molecule has 1 saturated heterocycles. The van der Waals surface area contributed by atoms with Crippen molar-refractivity contribution in [3.63, 3.8) is 0 Å². The van der Waals surface area contributed by atoms with E-state index in [0.717, 1.165) is 29.9 Å². The number of carbonyl (C=O) groups excluding carboxylic acids is 3. The maximum Gasteiger partial charge on any atom is 0.325 e. The monoisotopic (exact) mass is 392 g/mol. The number of rotatable bonds is 5. The second-order valence-electron chi connectivity index (χ2n) is 8.36. The van der Waals surface area contributed by atoms with E-state index in [1.54, 1.807) is 0 Å². The molecule has 0 aromatic carbocycles. The molecule has 0 unspecified atom stereocenters. The predicted octanol–water partition coefficient (Wildman–Crippen LogP) is 3.31. The Balaban J connectivity index is 1.62. The fourth-order valence-corrected chi connectivity index (χ4v) is 4.76. The number of anilines is 1. The summed E-state index contributed by atoms with van der Waals surface area (Å²) in [7, 11) is 0. The molecule has 2 heterocycles. The first-order chi connectivity index (χ1) is 12.7. The van der Waals surface area contributed by atoms with Crippen LogP contribution in [0.1, 0.15) is 58.6 Å². The molecule has 0 radical (unpaired) electrons. The molecule has 0 atom stereocenters. The van der Waals surface area contributed by atoms with E-state index >= 15 is 0 Å². The summed E-state index contributed by atoms with van der Waals surface area (Å²) in [6.07, 6.45) is 4.18. The maximum atomic E-state index is 13.0. The van der Waals surface area contributed by atoms with Gasteiger partial charge in [0.1, 0.15) is 12.1 Å². The van der Waals surface area contributed by atoms with E-state index in [4.69, 9.17) is 0 Å². The molecule has 4 amide bonds. The number of carbonyl (C=O) groups is 3. The topological polar surface area (TPSA) is 91.4 Å². The summed E-state index contributed by atoms with van der Waals surface area (Å²) in [5, 5.41) is 7.83. The van der Waals surface area contributed by atoms with Gasteiger partial charge < -0.3 is 10.6 Å². The first-order valence-corrected chi connectivity index (χ1v) is 10.4. The van der Waals surface area contributed by atoms with Crippen LogP contribution in [0.3, 0.4) is 0 Å². The Kier molecular flexibility index (Phi) is 5.29. The zero-order chi connectivity index (χ0) is 19.8. The summed E-state index contributed by atoms with van der Waals surface area (Å²) >= 11 is 1.32. The highest BCUT2D eigenvalue weighted by Crippen LogP contribution is 2.45. The van der Waals surface area contributed by atoms with Crippen molar-refractivity contribution >= 4 is 34.3 Å². The van der Waals surface area contributed by atoms with Gasteiger partial charge in [-0.05, 0) is 43.9 Å². The van der Waals surface area contributed by atoms with E-state index in [9.17, 15) is 14.4 Å². The SMILES string of the molecule is CCC(C)(C)C1CCC2(CC1)NC(=O)N(CC(=O)Nc1nc(C)cs1)C2=O. The number of aryl methyl sites for hydroxylation is 1. The summed E-state index contributed by atoms with van der Waals surface area (Å²) in [6, 6.07) is -0.473. The van der Waals surface area contributed by atoms with Crippen molar-refractivity contribution in [2.24, 2.45) is 11.3 Å². The van der Waals surface area contributed by atoms with E-state index < -0.39 is 17.5 Å². The Morgan fingerprint density at radius 2 is 2.07 bits per heavy atom. The summed E-state index contributed by atoms with van der Waals surface area (Å²) in [5.41, 5.74) is 0.213. The van der Waals surface area contributed by atoms with Gasteiger partial charge in [-0.25, -0.2) is 9.78 Å². The van der Waals surface area contributed by atoms with Gasteiger partial charge in [0.25, 0.3) is 5.91 Å². The third-order valence-corrected chi connectivity index (χ3v) is 7.14. The van der Waals surface area contributed by atoms with E-state index in [1.165, 1.54) is 11.3 Å². The van der Waals surface area contributed by atoms with Gasteiger partial charge in [-0.2, -0.15) is 0 Å². The molecule has 1 aromatic heterocycles. The molecule has 8 heteroatoms. The number of imide groups is 1. The average molecular weight is 393 g/mol. The smallest absolute Gasteiger partial charge is 0.323 e. The standard InChI is InChI=1S/C19H28N4O3S/c1-5-18(3,4)13-6-8-19(9-7-13)15(25)23(17(26)22-19)10-14(24)21-16-20-12(2)11-27-16/h11,13H,5-10H2,1-4H3,(H,22,26)(H,20,21,24). The third-order valence-electron chi connectivity index (χ3n) is 6.27. The van der Waals surface area contributed by atoms with Crippen LogP contribution in [0, 0.1) is 18.3 Å². The summed E-state index contributed by atoms with van der Waals surface area (Å²) in [5.74, 6) is -0.139. The normalized spacial score (nSPS) is 25.8. The zero-order valence-corrected chi connectivity index (χ0v) is 17.2. The van der Waals surface area contributed by atoms with Gasteiger partial charge in [0, 0.05) is 5.38 Å². The van der Waals surface area contributed by atoms with Crippen LogP contribution in [0.5, 0.6) is 0 Å². The van der Waals surface area contributed by atoms with Crippen molar-refractivity contribution < 1.29 is 14.4 Å². The highest BCUT2D eigenvalue weighted by atomic mass is 32.1. The van der Waals surface area contributed by atoms with Crippen LogP contribution < -0.4 is 10.6 Å². The van der Waals surface area contributed by atoms with Crippen molar-refractivity contribution in [1.82, 2.24) is 15.2 Å². The minimum Gasteiger partial charge on any atom is -0.323 e. The molecule has 148 valence electrons. The molecule has 0 bridgehead atoms. The van der Waals surface area contributed by atoms with Gasteiger partial charge in [-0.1, -0.05) is 27.2 Å². The van der Waals surface area contributed by atoms with Gasteiger partial charge in [0.2, 0.25) is 5.91 Å². The lowest BCUT2D eigenvalue weighted by atomic mass is 9.65.